The highest BCUT2D eigenvalue weighted by Crippen LogP contribution is 2.45. The molecule has 0 aliphatic heterocycles. The molecule has 1 aliphatic rings. The van der Waals surface area contributed by atoms with E-state index in [9.17, 15) is 4.39 Å². The van der Waals surface area contributed by atoms with Gasteiger partial charge in [0.25, 0.3) is 0 Å². The molecule has 0 aromatic heterocycles. The van der Waals surface area contributed by atoms with E-state index in [-0.39, 0.29) is 6.67 Å². The minimum Gasteiger partial charge on any atom is -0.493 e. The quantitative estimate of drug-likeness (QED) is 0.791. The monoisotopic (exact) mass is 257 g/mol. The van der Waals surface area contributed by atoms with Gasteiger partial charge in [0.15, 0.2) is 0 Å². The molecule has 17 heavy (non-hydrogen) atoms. The molecule has 0 amide bonds. The number of hydrogen-bond acceptors (Lipinski definition) is 2. The van der Waals surface area contributed by atoms with E-state index in [0.717, 1.165) is 22.8 Å². The van der Waals surface area contributed by atoms with Crippen LogP contribution in [0.4, 0.5) is 4.39 Å². The van der Waals surface area contributed by atoms with Gasteiger partial charge in [-0.3, -0.25) is 4.39 Å². The topological polar surface area (TPSA) is 21.3 Å². The van der Waals surface area contributed by atoms with Gasteiger partial charge in [-0.1, -0.05) is 11.6 Å². The summed E-state index contributed by atoms with van der Waals surface area (Å²) in [6.45, 7) is 0.0769. The third-order valence-electron chi connectivity index (χ3n) is 3.07. The zero-order valence-corrected chi connectivity index (χ0v) is 10.6. The molecule has 2 unspecified atom stereocenters. The summed E-state index contributed by atoms with van der Waals surface area (Å²) in [5.41, 5.74) is 1.13. The predicted octanol–water partition coefficient (Wildman–Crippen LogP) is 3.15. The van der Waals surface area contributed by atoms with E-state index in [1.807, 2.05) is 25.2 Å². The second kappa shape index (κ2) is 5.69. The maximum Gasteiger partial charge on any atom is 0.122 e. The molecular formula is C13H17ClFNO. The Balaban J connectivity index is 2.08. The second-order valence-electron chi connectivity index (χ2n) is 4.31. The molecule has 94 valence electrons. The highest BCUT2D eigenvalue weighted by molar-refractivity contribution is 6.30. The first-order valence-electron chi connectivity index (χ1n) is 5.91. The van der Waals surface area contributed by atoms with Gasteiger partial charge in [-0.25, -0.2) is 0 Å². The Bertz CT molecular complexity index is 386. The molecule has 0 radical (unpaired) electrons. The molecule has 1 saturated carbocycles. The Hall–Kier alpha value is -0.800. The molecule has 2 nitrogen and oxygen atoms in total. The average molecular weight is 258 g/mol. The zero-order chi connectivity index (χ0) is 12.3. The smallest absolute Gasteiger partial charge is 0.122 e. The fourth-order valence-electron chi connectivity index (χ4n) is 2.03. The van der Waals surface area contributed by atoms with E-state index in [4.69, 9.17) is 16.3 Å². The van der Waals surface area contributed by atoms with Gasteiger partial charge < -0.3 is 10.1 Å². The Morgan fingerprint density at radius 3 is 3.00 bits per heavy atom. The van der Waals surface area contributed by atoms with Gasteiger partial charge in [0.2, 0.25) is 0 Å². The van der Waals surface area contributed by atoms with Crippen LogP contribution in [0.2, 0.25) is 5.02 Å². The molecular weight excluding hydrogens is 241 g/mol. The minimum atomic E-state index is -0.342. The van der Waals surface area contributed by atoms with E-state index in [0.29, 0.717) is 25.0 Å². The van der Waals surface area contributed by atoms with Crippen molar-refractivity contribution in [1.29, 1.82) is 0 Å². The average Bonchev–Trinajstić information content (AvgIpc) is 3.10. The number of ether oxygens (including phenoxy) is 1. The Labute approximate surface area is 106 Å². The highest BCUT2D eigenvalue weighted by atomic mass is 35.5. The van der Waals surface area contributed by atoms with Gasteiger partial charge >= 0.3 is 0 Å². The maximum absolute atomic E-state index is 12.0. The van der Waals surface area contributed by atoms with Gasteiger partial charge in [0, 0.05) is 29.0 Å². The molecule has 0 spiro atoms. The van der Waals surface area contributed by atoms with E-state index in [1.54, 1.807) is 0 Å². The predicted molar refractivity (Wildman–Crippen MR) is 67.7 cm³/mol. The summed E-state index contributed by atoms with van der Waals surface area (Å²) in [6, 6.07) is 6.15. The molecule has 0 heterocycles. The summed E-state index contributed by atoms with van der Waals surface area (Å²) in [4.78, 5) is 0. The Kier molecular flexibility index (Phi) is 4.24. The minimum absolute atomic E-state index is 0.342. The van der Waals surface area contributed by atoms with Crippen LogP contribution in [-0.2, 0) is 0 Å². The van der Waals surface area contributed by atoms with Gasteiger partial charge in [-0.05, 0) is 31.7 Å². The van der Waals surface area contributed by atoms with Gasteiger partial charge in [0.1, 0.15) is 5.75 Å². The molecule has 4 heteroatoms. The first-order chi connectivity index (χ1) is 8.26. The molecule has 1 fully saturated rings. The Morgan fingerprint density at radius 2 is 2.35 bits per heavy atom. The molecule has 1 aromatic carbocycles. The molecule has 1 aromatic rings. The van der Waals surface area contributed by atoms with Gasteiger partial charge in [0.05, 0.1) is 13.3 Å². The lowest BCUT2D eigenvalue weighted by Gasteiger charge is -2.11. The molecule has 2 atom stereocenters. The van der Waals surface area contributed by atoms with E-state index in [2.05, 4.69) is 5.32 Å². The second-order valence-corrected chi connectivity index (χ2v) is 4.75. The molecule has 0 saturated heterocycles. The van der Waals surface area contributed by atoms with Crippen LogP contribution in [0.1, 0.15) is 24.3 Å². The summed E-state index contributed by atoms with van der Waals surface area (Å²) in [7, 11) is 1.96. The summed E-state index contributed by atoms with van der Waals surface area (Å²) in [5.74, 6) is 1.31. The van der Waals surface area contributed by atoms with E-state index >= 15 is 0 Å². The summed E-state index contributed by atoms with van der Waals surface area (Å²) >= 11 is 6.00. The van der Waals surface area contributed by atoms with Crippen LogP contribution < -0.4 is 10.1 Å². The van der Waals surface area contributed by atoms with Crippen LogP contribution in [-0.4, -0.2) is 26.4 Å². The number of rotatable bonds is 6. The number of hydrogen-bond donors (Lipinski definition) is 1. The fraction of sp³-hybridized carbons (Fsp3) is 0.538. The first-order valence-corrected chi connectivity index (χ1v) is 6.29. The standard InChI is InChI=1S/C13H17ClFNO/c1-16-12-8-10(12)11-7-9(14)3-4-13(11)17-6-2-5-15/h3-4,7,10,12,16H,2,5-6,8H2,1H3. The maximum atomic E-state index is 12.0. The third kappa shape index (κ3) is 3.11. The van der Waals surface area contributed by atoms with Crippen LogP contribution >= 0.6 is 11.6 Å². The van der Waals surface area contributed by atoms with Crippen LogP contribution in [0, 0.1) is 0 Å². The SMILES string of the molecule is CNC1CC1c1cc(Cl)ccc1OCCCF. The van der Waals surface area contributed by atoms with Crippen molar-refractivity contribution < 1.29 is 9.13 Å². The highest BCUT2D eigenvalue weighted by Gasteiger charge is 2.38. The van der Waals surface area contributed by atoms with Crippen LogP contribution in [0.15, 0.2) is 18.2 Å². The van der Waals surface area contributed by atoms with Crippen LogP contribution in [0.5, 0.6) is 5.75 Å². The number of nitrogens with one attached hydrogen (secondary N) is 1. The summed E-state index contributed by atoms with van der Waals surface area (Å²) in [5, 5.41) is 3.96. The normalized spacial score (nSPS) is 22.5. The van der Waals surface area contributed by atoms with Crippen molar-refractivity contribution in [2.24, 2.45) is 0 Å². The van der Waals surface area contributed by atoms with Crippen molar-refractivity contribution in [1.82, 2.24) is 5.32 Å². The van der Waals surface area contributed by atoms with Crippen LogP contribution in [0.25, 0.3) is 0 Å². The molecule has 1 aliphatic carbocycles. The van der Waals surface area contributed by atoms with Crippen molar-refractivity contribution in [2.45, 2.75) is 24.8 Å². The third-order valence-corrected chi connectivity index (χ3v) is 3.30. The van der Waals surface area contributed by atoms with E-state index < -0.39 is 0 Å². The van der Waals surface area contributed by atoms with Crippen molar-refractivity contribution in [2.75, 3.05) is 20.3 Å². The number of alkyl halides is 1. The molecule has 0 bridgehead atoms. The van der Waals surface area contributed by atoms with Gasteiger partial charge in [-0.2, -0.15) is 0 Å². The molecule has 1 N–H and O–H groups in total. The lowest BCUT2D eigenvalue weighted by molar-refractivity contribution is 0.287. The molecule has 2 rings (SSSR count). The van der Waals surface area contributed by atoms with Crippen molar-refractivity contribution in [3.8, 4) is 5.75 Å². The largest absolute Gasteiger partial charge is 0.493 e. The lowest BCUT2D eigenvalue weighted by atomic mass is 10.1. The number of likely N-dealkylation sites (N-methyl/N-ethyl adjacent to an activating group) is 1. The van der Waals surface area contributed by atoms with Gasteiger partial charge in [-0.15, -0.1) is 0 Å². The lowest BCUT2D eigenvalue weighted by Crippen LogP contribution is -2.11. The zero-order valence-electron chi connectivity index (χ0n) is 9.88. The summed E-state index contributed by atoms with van der Waals surface area (Å²) < 4.78 is 17.6. The van der Waals surface area contributed by atoms with Crippen molar-refractivity contribution in [3.63, 3.8) is 0 Å². The van der Waals surface area contributed by atoms with Crippen LogP contribution in [0.3, 0.4) is 0 Å². The van der Waals surface area contributed by atoms with Crippen molar-refractivity contribution >= 4 is 11.6 Å². The number of benzene rings is 1. The van der Waals surface area contributed by atoms with E-state index in [1.165, 1.54) is 0 Å². The first kappa shape index (κ1) is 12.7. The van der Waals surface area contributed by atoms with Crippen molar-refractivity contribution in [3.05, 3.63) is 28.8 Å². The fourth-order valence-corrected chi connectivity index (χ4v) is 2.22. The number of halogens is 2. The summed E-state index contributed by atoms with van der Waals surface area (Å²) in [6.07, 6.45) is 1.54. The Morgan fingerprint density at radius 1 is 1.53 bits per heavy atom.